The molecule has 0 aromatic heterocycles. The molecule has 0 saturated carbocycles. The SMILES string of the molecule is CCCCOc1ccc(NC(=O)N2CCC(NCC(O)C3COc4ccccc4O3)CC2)cc1. The topological polar surface area (TPSA) is 92.3 Å². The molecule has 0 aliphatic carbocycles. The van der Waals surface area contributed by atoms with Crippen LogP contribution < -0.4 is 24.8 Å². The van der Waals surface area contributed by atoms with Gasteiger partial charge in [0.25, 0.3) is 0 Å². The third-order valence-electron chi connectivity index (χ3n) is 6.23. The van der Waals surface area contributed by atoms with Gasteiger partial charge >= 0.3 is 6.03 Å². The van der Waals surface area contributed by atoms with Crippen molar-refractivity contribution in [1.82, 2.24) is 10.2 Å². The number of urea groups is 1. The maximum Gasteiger partial charge on any atom is 0.321 e. The average Bonchev–Trinajstić information content (AvgIpc) is 2.88. The average molecular weight is 470 g/mol. The van der Waals surface area contributed by atoms with Crippen LogP contribution in [0.15, 0.2) is 48.5 Å². The Hall–Kier alpha value is -2.97. The number of benzene rings is 2. The third kappa shape index (κ3) is 6.55. The number of ether oxygens (including phenoxy) is 3. The van der Waals surface area contributed by atoms with Gasteiger partial charge in [0.1, 0.15) is 18.5 Å². The summed E-state index contributed by atoms with van der Waals surface area (Å²) >= 11 is 0. The Bertz CT molecular complexity index is 915. The highest BCUT2D eigenvalue weighted by molar-refractivity contribution is 5.89. The number of unbranched alkanes of at least 4 members (excludes halogenated alkanes) is 1. The molecule has 2 atom stereocenters. The van der Waals surface area contributed by atoms with Crippen molar-refractivity contribution in [2.45, 2.75) is 50.9 Å². The van der Waals surface area contributed by atoms with Gasteiger partial charge in [-0.15, -0.1) is 0 Å². The lowest BCUT2D eigenvalue weighted by atomic mass is 10.0. The van der Waals surface area contributed by atoms with E-state index in [2.05, 4.69) is 17.6 Å². The summed E-state index contributed by atoms with van der Waals surface area (Å²) in [6, 6.07) is 15.1. The number of amides is 2. The molecule has 0 radical (unpaired) electrons. The number of aliphatic hydroxyl groups excluding tert-OH is 1. The highest BCUT2D eigenvalue weighted by atomic mass is 16.6. The number of likely N-dealkylation sites (tertiary alicyclic amines) is 1. The molecule has 4 rings (SSSR count). The zero-order chi connectivity index (χ0) is 23.8. The molecule has 2 heterocycles. The molecular formula is C26H35N3O5. The van der Waals surface area contributed by atoms with E-state index in [4.69, 9.17) is 14.2 Å². The van der Waals surface area contributed by atoms with Crippen molar-refractivity contribution in [3.63, 3.8) is 0 Å². The molecule has 1 saturated heterocycles. The van der Waals surface area contributed by atoms with E-state index < -0.39 is 12.2 Å². The second-order valence-electron chi connectivity index (χ2n) is 8.81. The summed E-state index contributed by atoms with van der Waals surface area (Å²) < 4.78 is 17.2. The molecule has 2 amide bonds. The fourth-order valence-electron chi connectivity index (χ4n) is 4.10. The van der Waals surface area contributed by atoms with Crippen LogP contribution in [-0.4, -0.2) is 67.1 Å². The molecule has 1 fully saturated rings. The molecule has 2 aromatic carbocycles. The predicted octanol–water partition coefficient (Wildman–Crippen LogP) is 3.65. The maximum atomic E-state index is 12.6. The number of aliphatic hydroxyl groups is 1. The lowest BCUT2D eigenvalue weighted by molar-refractivity contribution is -0.0108. The molecule has 2 unspecified atom stereocenters. The van der Waals surface area contributed by atoms with Crippen LogP contribution in [0.4, 0.5) is 10.5 Å². The first-order chi connectivity index (χ1) is 16.6. The van der Waals surface area contributed by atoms with Crippen molar-refractivity contribution in [2.24, 2.45) is 0 Å². The van der Waals surface area contributed by atoms with Crippen LogP contribution >= 0.6 is 0 Å². The fourth-order valence-corrected chi connectivity index (χ4v) is 4.10. The number of anilines is 1. The van der Waals surface area contributed by atoms with E-state index in [0.717, 1.165) is 37.1 Å². The van der Waals surface area contributed by atoms with Gasteiger partial charge in [-0.2, -0.15) is 0 Å². The molecule has 8 nitrogen and oxygen atoms in total. The van der Waals surface area contributed by atoms with Gasteiger partial charge in [-0.05, 0) is 55.7 Å². The van der Waals surface area contributed by atoms with Crippen LogP contribution in [0.3, 0.4) is 0 Å². The second kappa shape index (κ2) is 11.9. The molecule has 2 aliphatic rings. The number of nitrogens with one attached hydrogen (secondary N) is 2. The van der Waals surface area contributed by atoms with Crippen molar-refractivity contribution in [1.29, 1.82) is 0 Å². The summed E-state index contributed by atoms with van der Waals surface area (Å²) in [6.07, 6.45) is 2.70. The summed E-state index contributed by atoms with van der Waals surface area (Å²) in [4.78, 5) is 14.5. The number of piperidine rings is 1. The van der Waals surface area contributed by atoms with Gasteiger partial charge in [-0.3, -0.25) is 0 Å². The van der Waals surface area contributed by atoms with Gasteiger partial charge < -0.3 is 34.9 Å². The van der Waals surface area contributed by atoms with Crippen molar-refractivity contribution < 1.29 is 24.1 Å². The predicted molar refractivity (Wildman–Crippen MR) is 131 cm³/mol. The van der Waals surface area contributed by atoms with Crippen molar-refractivity contribution in [3.8, 4) is 17.2 Å². The van der Waals surface area contributed by atoms with Crippen LogP contribution in [0.25, 0.3) is 0 Å². The number of fused-ring (bicyclic) bond motifs is 1. The molecular weight excluding hydrogens is 434 g/mol. The summed E-state index contributed by atoms with van der Waals surface area (Å²) in [7, 11) is 0. The Labute approximate surface area is 201 Å². The fraction of sp³-hybridized carbons (Fsp3) is 0.500. The Balaban J connectivity index is 1.15. The van der Waals surface area contributed by atoms with Gasteiger partial charge in [-0.1, -0.05) is 25.5 Å². The number of nitrogens with zero attached hydrogens (tertiary/aromatic N) is 1. The van der Waals surface area contributed by atoms with Crippen molar-refractivity contribution >= 4 is 11.7 Å². The smallest absolute Gasteiger partial charge is 0.321 e. The van der Waals surface area contributed by atoms with Gasteiger partial charge in [0.15, 0.2) is 17.6 Å². The summed E-state index contributed by atoms with van der Waals surface area (Å²) in [5.41, 5.74) is 0.757. The second-order valence-corrected chi connectivity index (χ2v) is 8.81. The van der Waals surface area contributed by atoms with E-state index in [1.807, 2.05) is 53.4 Å². The van der Waals surface area contributed by atoms with Crippen molar-refractivity contribution in [2.75, 3.05) is 38.2 Å². The van der Waals surface area contributed by atoms with Crippen molar-refractivity contribution in [3.05, 3.63) is 48.5 Å². The minimum absolute atomic E-state index is 0.0930. The largest absolute Gasteiger partial charge is 0.494 e. The quantitative estimate of drug-likeness (QED) is 0.486. The number of rotatable bonds is 9. The lowest BCUT2D eigenvalue weighted by Crippen LogP contribution is -2.50. The van der Waals surface area contributed by atoms with Crippen LogP contribution in [0.2, 0.25) is 0 Å². The van der Waals surface area contributed by atoms with E-state index in [-0.39, 0.29) is 12.1 Å². The molecule has 184 valence electrons. The number of carbonyl (C=O) groups is 1. The van der Waals surface area contributed by atoms with Gasteiger partial charge in [0, 0.05) is 31.4 Å². The lowest BCUT2D eigenvalue weighted by Gasteiger charge is -2.34. The molecule has 2 aliphatic heterocycles. The molecule has 8 heteroatoms. The van der Waals surface area contributed by atoms with E-state index in [1.165, 1.54) is 0 Å². The van der Waals surface area contributed by atoms with Crippen LogP contribution in [-0.2, 0) is 0 Å². The first-order valence-corrected chi connectivity index (χ1v) is 12.2. The minimum Gasteiger partial charge on any atom is -0.494 e. The first-order valence-electron chi connectivity index (χ1n) is 12.2. The van der Waals surface area contributed by atoms with E-state index in [9.17, 15) is 9.90 Å². The first kappa shape index (κ1) is 24.2. The molecule has 3 N–H and O–H groups in total. The monoisotopic (exact) mass is 469 g/mol. The number of hydrogen-bond donors (Lipinski definition) is 3. The summed E-state index contributed by atoms with van der Waals surface area (Å²) in [5, 5.41) is 16.9. The van der Waals surface area contributed by atoms with E-state index in [1.54, 1.807) is 0 Å². The zero-order valence-electron chi connectivity index (χ0n) is 19.7. The maximum absolute atomic E-state index is 12.6. The normalized spacial score (nSPS) is 18.9. The molecule has 2 aromatic rings. The summed E-state index contributed by atoms with van der Waals surface area (Å²) in [6.45, 7) is 4.90. The zero-order valence-corrected chi connectivity index (χ0v) is 19.7. The highest BCUT2D eigenvalue weighted by Crippen LogP contribution is 2.31. The standard InChI is InChI=1S/C26H35N3O5/c1-2-3-16-32-21-10-8-20(9-11-21)28-26(31)29-14-12-19(13-15-29)27-17-22(30)25-18-33-23-6-4-5-7-24(23)34-25/h4-11,19,22,25,27,30H,2-3,12-18H2,1H3,(H,28,31). The Morgan fingerprint density at radius 2 is 1.88 bits per heavy atom. The number of para-hydroxylation sites is 2. The molecule has 0 spiro atoms. The van der Waals surface area contributed by atoms with Crippen LogP contribution in [0.1, 0.15) is 32.6 Å². The Kier molecular flexibility index (Phi) is 8.49. The van der Waals surface area contributed by atoms with Gasteiger partial charge in [0.05, 0.1) is 6.61 Å². The highest BCUT2D eigenvalue weighted by Gasteiger charge is 2.29. The van der Waals surface area contributed by atoms with Gasteiger partial charge in [0.2, 0.25) is 0 Å². The van der Waals surface area contributed by atoms with E-state index in [0.29, 0.717) is 44.3 Å². The minimum atomic E-state index is -0.677. The Morgan fingerprint density at radius 3 is 2.62 bits per heavy atom. The molecule has 0 bridgehead atoms. The van der Waals surface area contributed by atoms with E-state index >= 15 is 0 Å². The number of hydrogen-bond acceptors (Lipinski definition) is 6. The summed E-state index contributed by atoms with van der Waals surface area (Å²) in [5.74, 6) is 2.19. The molecule has 34 heavy (non-hydrogen) atoms. The van der Waals surface area contributed by atoms with Crippen LogP contribution in [0, 0.1) is 0 Å². The number of carbonyl (C=O) groups excluding carboxylic acids is 1. The Morgan fingerprint density at radius 1 is 1.15 bits per heavy atom. The van der Waals surface area contributed by atoms with Crippen LogP contribution in [0.5, 0.6) is 17.2 Å². The third-order valence-corrected chi connectivity index (χ3v) is 6.23. The van der Waals surface area contributed by atoms with Gasteiger partial charge in [-0.25, -0.2) is 4.79 Å².